The molecule has 5 nitrogen and oxygen atoms in total. The lowest BCUT2D eigenvalue weighted by molar-refractivity contribution is 0.0395. The van der Waals surface area contributed by atoms with Gasteiger partial charge in [0.25, 0.3) is 0 Å². The van der Waals surface area contributed by atoms with Crippen LogP contribution in [0.4, 0.5) is 11.6 Å². The number of anilines is 2. The maximum Gasteiger partial charge on any atom is 0.134 e. The van der Waals surface area contributed by atoms with Gasteiger partial charge in [-0.1, -0.05) is 23.7 Å². The highest BCUT2D eigenvalue weighted by Crippen LogP contribution is 2.27. The van der Waals surface area contributed by atoms with Gasteiger partial charge in [0.15, 0.2) is 0 Å². The average molecular weight is 377 g/mol. The van der Waals surface area contributed by atoms with Crippen LogP contribution in [0.3, 0.4) is 0 Å². The summed E-state index contributed by atoms with van der Waals surface area (Å²) in [4.78, 5) is 13.6. The predicted octanol–water partition coefficient (Wildman–Crippen LogP) is 3.26. The van der Waals surface area contributed by atoms with Gasteiger partial charge in [-0.2, -0.15) is 11.8 Å². The van der Waals surface area contributed by atoms with Crippen molar-refractivity contribution < 1.29 is 4.74 Å². The first-order chi connectivity index (χ1) is 12.3. The van der Waals surface area contributed by atoms with Crippen molar-refractivity contribution in [1.29, 1.82) is 0 Å². The number of hydrogen-bond donors (Lipinski definition) is 0. The normalized spacial score (nSPS) is 21.4. The van der Waals surface area contributed by atoms with Gasteiger partial charge in [0.2, 0.25) is 0 Å². The molecular formula is C18H21ClN4OS. The summed E-state index contributed by atoms with van der Waals surface area (Å²) in [6, 6.07) is 10.0. The summed E-state index contributed by atoms with van der Waals surface area (Å²) in [6.45, 7) is 4.42. The van der Waals surface area contributed by atoms with E-state index < -0.39 is 0 Å². The highest BCUT2D eigenvalue weighted by molar-refractivity contribution is 7.99. The van der Waals surface area contributed by atoms with Crippen molar-refractivity contribution >= 4 is 35.0 Å². The molecule has 0 bridgehead atoms. The molecule has 1 unspecified atom stereocenters. The summed E-state index contributed by atoms with van der Waals surface area (Å²) < 4.78 is 5.96. The van der Waals surface area contributed by atoms with Crippen molar-refractivity contribution in [2.45, 2.75) is 6.10 Å². The van der Waals surface area contributed by atoms with Crippen LogP contribution in [0, 0.1) is 0 Å². The molecule has 0 N–H and O–H groups in total. The lowest BCUT2D eigenvalue weighted by Crippen LogP contribution is -2.39. The molecule has 0 saturated carbocycles. The lowest BCUT2D eigenvalue weighted by Gasteiger charge is -2.34. The summed E-state index contributed by atoms with van der Waals surface area (Å²) in [6.07, 6.45) is 1.72. The monoisotopic (exact) mass is 376 g/mol. The van der Waals surface area contributed by atoms with Gasteiger partial charge in [0.05, 0.1) is 6.61 Å². The van der Waals surface area contributed by atoms with Crippen LogP contribution in [0.2, 0.25) is 5.02 Å². The van der Waals surface area contributed by atoms with Crippen LogP contribution in [0.15, 0.2) is 36.7 Å². The average Bonchev–Trinajstić information content (AvgIpc) is 2.69. The number of nitrogens with zero attached hydrogens (tertiary/aromatic N) is 4. The Morgan fingerprint density at radius 3 is 2.48 bits per heavy atom. The highest BCUT2D eigenvalue weighted by atomic mass is 35.5. The van der Waals surface area contributed by atoms with Crippen molar-refractivity contribution in [3.8, 4) is 0 Å². The number of hydrogen-bond acceptors (Lipinski definition) is 6. The lowest BCUT2D eigenvalue weighted by atomic mass is 10.1. The third-order valence-corrected chi connectivity index (χ3v) is 5.80. The van der Waals surface area contributed by atoms with Gasteiger partial charge in [-0.15, -0.1) is 0 Å². The summed E-state index contributed by atoms with van der Waals surface area (Å²) in [5.41, 5.74) is 1.15. The summed E-state index contributed by atoms with van der Waals surface area (Å²) in [5.74, 6) is 4.33. The fourth-order valence-electron chi connectivity index (χ4n) is 3.21. The van der Waals surface area contributed by atoms with Crippen molar-refractivity contribution in [2.75, 3.05) is 54.1 Å². The molecule has 2 saturated heterocycles. The van der Waals surface area contributed by atoms with Gasteiger partial charge < -0.3 is 14.5 Å². The Morgan fingerprint density at radius 2 is 1.72 bits per heavy atom. The quantitative estimate of drug-likeness (QED) is 0.819. The fourth-order valence-corrected chi connectivity index (χ4v) is 4.24. The first kappa shape index (κ1) is 16.9. The maximum absolute atomic E-state index is 5.99. The first-order valence-electron chi connectivity index (χ1n) is 8.56. The number of morpholine rings is 1. The van der Waals surface area contributed by atoms with Crippen molar-refractivity contribution in [3.05, 3.63) is 47.2 Å². The first-order valence-corrected chi connectivity index (χ1v) is 10.1. The number of benzene rings is 1. The minimum absolute atomic E-state index is 0.0378. The second kappa shape index (κ2) is 7.81. The van der Waals surface area contributed by atoms with Gasteiger partial charge in [-0.25, -0.2) is 9.97 Å². The van der Waals surface area contributed by atoms with Crippen LogP contribution in [-0.4, -0.2) is 54.3 Å². The Hall–Kier alpha value is -1.50. The van der Waals surface area contributed by atoms with E-state index in [9.17, 15) is 0 Å². The van der Waals surface area contributed by atoms with E-state index in [1.165, 1.54) is 0 Å². The Balaban J connectivity index is 1.50. The van der Waals surface area contributed by atoms with Crippen molar-refractivity contribution in [2.24, 2.45) is 0 Å². The second-order valence-corrected chi connectivity index (χ2v) is 7.85. The van der Waals surface area contributed by atoms with Crippen LogP contribution in [0.1, 0.15) is 11.7 Å². The maximum atomic E-state index is 5.99. The molecule has 2 aliphatic heterocycles. The molecule has 132 valence electrons. The Kier molecular flexibility index (Phi) is 5.29. The minimum Gasteiger partial charge on any atom is -0.370 e. The minimum atomic E-state index is 0.0378. The SMILES string of the molecule is Clc1ccc(C2CN(c3cc(N4CCSCC4)ncn3)CCO2)cc1. The Bertz CT molecular complexity index is 708. The van der Waals surface area contributed by atoms with E-state index in [-0.39, 0.29) is 6.10 Å². The van der Waals surface area contributed by atoms with E-state index in [2.05, 4.69) is 25.8 Å². The van der Waals surface area contributed by atoms with Gasteiger partial charge in [-0.3, -0.25) is 0 Å². The third-order valence-electron chi connectivity index (χ3n) is 4.61. The van der Waals surface area contributed by atoms with E-state index in [0.717, 1.165) is 59.9 Å². The number of thioether (sulfide) groups is 1. The van der Waals surface area contributed by atoms with E-state index >= 15 is 0 Å². The van der Waals surface area contributed by atoms with Crippen molar-refractivity contribution in [1.82, 2.24) is 9.97 Å². The third kappa shape index (κ3) is 4.02. The molecule has 0 radical (unpaired) electrons. The zero-order valence-electron chi connectivity index (χ0n) is 14.0. The van der Waals surface area contributed by atoms with Crippen LogP contribution in [0.5, 0.6) is 0 Å². The molecule has 4 rings (SSSR count). The molecule has 2 aromatic rings. The summed E-state index contributed by atoms with van der Waals surface area (Å²) in [5, 5.41) is 0.747. The molecule has 1 aromatic heterocycles. The van der Waals surface area contributed by atoms with Crippen LogP contribution < -0.4 is 9.80 Å². The molecule has 2 fully saturated rings. The van der Waals surface area contributed by atoms with Gasteiger partial charge >= 0.3 is 0 Å². The molecule has 25 heavy (non-hydrogen) atoms. The molecule has 1 atom stereocenters. The zero-order chi connectivity index (χ0) is 17.1. The smallest absolute Gasteiger partial charge is 0.134 e. The van der Waals surface area contributed by atoms with Crippen molar-refractivity contribution in [3.63, 3.8) is 0 Å². The number of aromatic nitrogens is 2. The van der Waals surface area contributed by atoms with Gasteiger partial charge in [0, 0.05) is 48.8 Å². The number of halogens is 1. The summed E-state index contributed by atoms with van der Waals surface area (Å²) >= 11 is 8.00. The highest BCUT2D eigenvalue weighted by Gasteiger charge is 2.24. The van der Waals surface area contributed by atoms with E-state index in [1.54, 1.807) is 6.33 Å². The Labute approximate surface area is 157 Å². The largest absolute Gasteiger partial charge is 0.370 e. The second-order valence-electron chi connectivity index (χ2n) is 6.19. The van der Waals surface area contributed by atoms with Gasteiger partial charge in [0.1, 0.15) is 24.1 Å². The van der Waals surface area contributed by atoms with Crippen LogP contribution >= 0.6 is 23.4 Å². The van der Waals surface area contributed by atoms with Gasteiger partial charge in [-0.05, 0) is 17.7 Å². The van der Waals surface area contributed by atoms with E-state index in [0.29, 0.717) is 6.61 Å². The molecular weight excluding hydrogens is 356 g/mol. The predicted molar refractivity (Wildman–Crippen MR) is 104 cm³/mol. The topological polar surface area (TPSA) is 41.5 Å². The standard InChI is InChI=1S/C18H21ClN4OS/c19-15-3-1-14(2-4-15)16-12-23(5-8-24-16)18-11-17(20-13-21-18)22-6-9-25-10-7-22/h1-4,11,13,16H,5-10,12H2. The zero-order valence-corrected chi connectivity index (χ0v) is 15.5. The molecule has 1 aromatic carbocycles. The Morgan fingerprint density at radius 1 is 1.00 bits per heavy atom. The van der Waals surface area contributed by atoms with E-state index in [1.807, 2.05) is 36.0 Å². The van der Waals surface area contributed by atoms with Crippen LogP contribution in [0.25, 0.3) is 0 Å². The molecule has 7 heteroatoms. The fraction of sp³-hybridized carbons (Fsp3) is 0.444. The molecule has 0 aliphatic carbocycles. The summed E-state index contributed by atoms with van der Waals surface area (Å²) in [7, 11) is 0. The van der Waals surface area contributed by atoms with Crippen LogP contribution in [-0.2, 0) is 4.74 Å². The number of rotatable bonds is 3. The molecule has 2 aliphatic rings. The molecule has 0 amide bonds. The molecule has 0 spiro atoms. The molecule has 3 heterocycles. The number of ether oxygens (including phenoxy) is 1. The van der Waals surface area contributed by atoms with E-state index in [4.69, 9.17) is 16.3 Å².